The fraction of sp³-hybridized carbons (Fsp3) is 0.579. The van der Waals surface area contributed by atoms with E-state index in [1.807, 2.05) is 29.3 Å². The smallest absolute Gasteiger partial charge is 0.222 e. The molecule has 2 aromatic rings. The SMILES string of the molecule is O=C(CCC1CCCC1)N1CCN(c2ccc(-n3cccn3)nn2)CC1. The zero-order valence-electron chi connectivity index (χ0n) is 15.1. The Bertz CT molecular complexity index is 700. The van der Waals surface area contributed by atoms with E-state index in [0.29, 0.717) is 18.1 Å². The lowest BCUT2D eigenvalue weighted by molar-refractivity contribution is -0.131. The van der Waals surface area contributed by atoms with E-state index >= 15 is 0 Å². The van der Waals surface area contributed by atoms with Crippen LogP contribution in [0.25, 0.3) is 5.82 Å². The van der Waals surface area contributed by atoms with E-state index in [-0.39, 0.29) is 0 Å². The van der Waals surface area contributed by atoms with E-state index < -0.39 is 0 Å². The third kappa shape index (κ3) is 3.86. The van der Waals surface area contributed by atoms with Crippen LogP contribution in [0.1, 0.15) is 38.5 Å². The van der Waals surface area contributed by atoms with Crippen LogP contribution in [0.3, 0.4) is 0 Å². The third-order valence-corrected chi connectivity index (χ3v) is 5.57. The lowest BCUT2D eigenvalue weighted by atomic mass is 10.0. The molecule has 1 amide bonds. The van der Waals surface area contributed by atoms with Gasteiger partial charge in [0.15, 0.2) is 11.6 Å². The molecule has 1 aliphatic carbocycles. The first-order valence-electron chi connectivity index (χ1n) is 9.66. The number of nitrogens with zero attached hydrogens (tertiary/aromatic N) is 6. The van der Waals surface area contributed by atoms with E-state index in [2.05, 4.69) is 20.2 Å². The summed E-state index contributed by atoms with van der Waals surface area (Å²) in [6.07, 6.45) is 10.7. The van der Waals surface area contributed by atoms with Gasteiger partial charge in [0.25, 0.3) is 0 Å². The quantitative estimate of drug-likeness (QED) is 0.824. The highest BCUT2D eigenvalue weighted by Gasteiger charge is 2.23. The predicted molar refractivity (Wildman–Crippen MR) is 99.1 cm³/mol. The maximum Gasteiger partial charge on any atom is 0.222 e. The van der Waals surface area contributed by atoms with E-state index in [0.717, 1.165) is 44.3 Å². The molecule has 1 saturated carbocycles. The molecule has 0 spiro atoms. The summed E-state index contributed by atoms with van der Waals surface area (Å²) in [4.78, 5) is 16.6. The maximum atomic E-state index is 12.4. The van der Waals surface area contributed by atoms with Crippen molar-refractivity contribution in [1.29, 1.82) is 0 Å². The van der Waals surface area contributed by atoms with Gasteiger partial charge in [-0.25, -0.2) is 4.68 Å². The van der Waals surface area contributed by atoms with Crippen molar-refractivity contribution in [1.82, 2.24) is 24.9 Å². The van der Waals surface area contributed by atoms with Crippen LogP contribution in [0.2, 0.25) is 0 Å². The van der Waals surface area contributed by atoms with Gasteiger partial charge in [-0.15, -0.1) is 10.2 Å². The molecular weight excluding hydrogens is 328 g/mol. The molecule has 7 heteroatoms. The van der Waals surface area contributed by atoms with Gasteiger partial charge in [0.2, 0.25) is 5.91 Å². The van der Waals surface area contributed by atoms with Gasteiger partial charge in [0, 0.05) is 45.0 Å². The minimum Gasteiger partial charge on any atom is -0.352 e. The van der Waals surface area contributed by atoms with Crippen molar-refractivity contribution in [2.45, 2.75) is 38.5 Å². The molecule has 2 aliphatic rings. The van der Waals surface area contributed by atoms with Crippen molar-refractivity contribution in [2.24, 2.45) is 5.92 Å². The lowest BCUT2D eigenvalue weighted by Gasteiger charge is -2.35. The maximum absolute atomic E-state index is 12.4. The zero-order valence-corrected chi connectivity index (χ0v) is 15.1. The van der Waals surface area contributed by atoms with Crippen molar-refractivity contribution in [3.63, 3.8) is 0 Å². The van der Waals surface area contributed by atoms with Crippen LogP contribution in [0.15, 0.2) is 30.6 Å². The average Bonchev–Trinajstić information content (AvgIpc) is 3.40. The molecule has 1 saturated heterocycles. The summed E-state index contributed by atoms with van der Waals surface area (Å²) in [5, 5.41) is 12.7. The molecule has 2 aromatic heterocycles. The number of amides is 1. The Labute approximate surface area is 154 Å². The van der Waals surface area contributed by atoms with Crippen LogP contribution in [-0.2, 0) is 4.79 Å². The number of rotatable bonds is 5. The number of anilines is 1. The summed E-state index contributed by atoms with van der Waals surface area (Å²) in [5.41, 5.74) is 0. The fourth-order valence-electron chi connectivity index (χ4n) is 3.98. The first kappa shape index (κ1) is 17.0. The molecule has 3 heterocycles. The van der Waals surface area contributed by atoms with Gasteiger partial charge in [-0.1, -0.05) is 25.7 Å². The molecule has 0 N–H and O–H groups in total. The van der Waals surface area contributed by atoms with Crippen LogP contribution >= 0.6 is 0 Å². The van der Waals surface area contributed by atoms with E-state index in [1.54, 1.807) is 10.9 Å². The van der Waals surface area contributed by atoms with E-state index in [4.69, 9.17) is 0 Å². The molecule has 7 nitrogen and oxygen atoms in total. The van der Waals surface area contributed by atoms with Crippen molar-refractivity contribution < 1.29 is 4.79 Å². The number of carbonyl (C=O) groups excluding carboxylic acids is 1. The Kier molecular flexibility index (Phi) is 5.13. The Balaban J connectivity index is 1.27. The van der Waals surface area contributed by atoms with Gasteiger partial charge in [0.05, 0.1) is 0 Å². The molecule has 0 radical (unpaired) electrons. The second-order valence-electron chi connectivity index (χ2n) is 7.26. The number of piperazine rings is 1. The third-order valence-electron chi connectivity index (χ3n) is 5.57. The summed E-state index contributed by atoms with van der Waals surface area (Å²) < 4.78 is 1.69. The summed E-state index contributed by atoms with van der Waals surface area (Å²) >= 11 is 0. The molecule has 4 rings (SSSR count). The van der Waals surface area contributed by atoms with Crippen LogP contribution in [-0.4, -0.2) is 57.0 Å². The first-order chi connectivity index (χ1) is 12.8. The fourth-order valence-corrected chi connectivity index (χ4v) is 3.98. The van der Waals surface area contributed by atoms with Crippen LogP contribution in [0, 0.1) is 5.92 Å². The van der Waals surface area contributed by atoms with Crippen molar-refractivity contribution in [3.8, 4) is 5.82 Å². The summed E-state index contributed by atoms with van der Waals surface area (Å²) in [6, 6.07) is 5.76. The molecule has 0 atom stereocenters. The lowest BCUT2D eigenvalue weighted by Crippen LogP contribution is -2.49. The standard InChI is InChI=1S/C19H26N6O/c26-19(9-6-16-4-1-2-5-16)24-14-12-23(13-15-24)17-7-8-18(22-21-17)25-11-3-10-20-25/h3,7-8,10-11,16H,1-2,4-6,9,12-15H2. The highest BCUT2D eigenvalue weighted by molar-refractivity contribution is 5.76. The van der Waals surface area contributed by atoms with Gasteiger partial charge >= 0.3 is 0 Å². The Morgan fingerprint density at radius 3 is 2.42 bits per heavy atom. The molecule has 138 valence electrons. The van der Waals surface area contributed by atoms with Crippen molar-refractivity contribution in [2.75, 3.05) is 31.1 Å². The molecule has 1 aliphatic heterocycles. The minimum atomic E-state index is 0.316. The second-order valence-corrected chi connectivity index (χ2v) is 7.26. The van der Waals surface area contributed by atoms with Gasteiger partial charge in [-0.3, -0.25) is 4.79 Å². The summed E-state index contributed by atoms with van der Waals surface area (Å²) in [5.74, 6) is 2.67. The molecular formula is C19H26N6O. The molecule has 0 aromatic carbocycles. The van der Waals surface area contributed by atoms with E-state index in [9.17, 15) is 4.79 Å². The van der Waals surface area contributed by atoms with Gasteiger partial charge in [-0.2, -0.15) is 5.10 Å². The van der Waals surface area contributed by atoms with Crippen LogP contribution in [0.4, 0.5) is 5.82 Å². The molecule has 0 bridgehead atoms. The number of aromatic nitrogens is 4. The molecule has 0 unspecified atom stereocenters. The minimum absolute atomic E-state index is 0.316. The normalized spacial score (nSPS) is 18.5. The average molecular weight is 354 g/mol. The first-order valence-corrected chi connectivity index (χ1v) is 9.66. The number of hydrogen-bond donors (Lipinski definition) is 0. The highest BCUT2D eigenvalue weighted by atomic mass is 16.2. The summed E-state index contributed by atoms with van der Waals surface area (Å²) in [7, 11) is 0. The largest absolute Gasteiger partial charge is 0.352 e. The van der Waals surface area contributed by atoms with Crippen molar-refractivity contribution >= 4 is 11.7 Å². The number of hydrogen-bond acceptors (Lipinski definition) is 5. The highest BCUT2D eigenvalue weighted by Crippen LogP contribution is 2.28. The molecule has 26 heavy (non-hydrogen) atoms. The summed E-state index contributed by atoms with van der Waals surface area (Å²) in [6.45, 7) is 3.16. The Morgan fingerprint density at radius 1 is 1.04 bits per heavy atom. The Hall–Kier alpha value is -2.44. The molecule has 2 fully saturated rings. The van der Waals surface area contributed by atoms with E-state index in [1.165, 1.54) is 25.7 Å². The monoisotopic (exact) mass is 354 g/mol. The van der Waals surface area contributed by atoms with Gasteiger partial charge in [0.1, 0.15) is 0 Å². The second kappa shape index (κ2) is 7.85. The van der Waals surface area contributed by atoms with Crippen molar-refractivity contribution in [3.05, 3.63) is 30.6 Å². The predicted octanol–water partition coefficient (Wildman–Crippen LogP) is 2.28. The zero-order chi connectivity index (χ0) is 17.8. The van der Waals surface area contributed by atoms with Crippen LogP contribution < -0.4 is 4.90 Å². The van der Waals surface area contributed by atoms with Gasteiger partial charge in [-0.05, 0) is 30.5 Å². The topological polar surface area (TPSA) is 67.2 Å². The van der Waals surface area contributed by atoms with Crippen LogP contribution in [0.5, 0.6) is 0 Å². The number of carbonyl (C=O) groups is 1. The van der Waals surface area contributed by atoms with Gasteiger partial charge < -0.3 is 9.80 Å². The Morgan fingerprint density at radius 2 is 1.77 bits per heavy atom.